The van der Waals surface area contributed by atoms with Crippen LogP contribution in [0.1, 0.15) is 40.2 Å². The minimum Gasteiger partial charge on any atom is -0.440 e. The molecule has 0 saturated carbocycles. The normalized spacial score (nSPS) is 15.5. The number of thiophene rings is 1. The number of nitrogens with one attached hydrogen (secondary N) is 1. The van der Waals surface area contributed by atoms with E-state index in [9.17, 15) is 9.90 Å². The second-order valence-corrected chi connectivity index (χ2v) is 8.36. The number of likely N-dealkylation sites (tertiary alicyclic amines) is 1. The third-order valence-electron chi connectivity index (χ3n) is 5.18. The molecule has 0 unspecified atom stereocenters. The molecule has 0 aliphatic carbocycles. The number of oxazole rings is 1. The van der Waals surface area contributed by atoms with Gasteiger partial charge in [-0.15, -0.1) is 11.3 Å². The fraction of sp³-hybridized carbons (Fsp3) is 0.364. The van der Waals surface area contributed by atoms with Crippen molar-refractivity contribution in [3.05, 3.63) is 64.4 Å². The van der Waals surface area contributed by atoms with Crippen LogP contribution in [0.5, 0.6) is 0 Å². The minimum atomic E-state index is -0.231. The van der Waals surface area contributed by atoms with E-state index in [1.807, 2.05) is 29.6 Å². The third kappa shape index (κ3) is 4.93. The van der Waals surface area contributed by atoms with Gasteiger partial charge in [0.2, 0.25) is 5.89 Å². The van der Waals surface area contributed by atoms with Crippen molar-refractivity contribution in [3.8, 4) is 10.8 Å². The number of carbonyl (C=O) groups excluding carboxylic acids is 1. The van der Waals surface area contributed by atoms with Crippen LogP contribution in [-0.4, -0.2) is 40.1 Å². The number of hydrogen-bond donors (Lipinski definition) is 2. The summed E-state index contributed by atoms with van der Waals surface area (Å²) in [7, 11) is 0. The number of benzene rings is 1. The van der Waals surface area contributed by atoms with E-state index in [4.69, 9.17) is 4.42 Å². The molecule has 1 aliphatic heterocycles. The first-order valence-corrected chi connectivity index (χ1v) is 10.7. The summed E-state index contributed by atoms with van der Waals surface area (Å²) < 4.78 is 5.64. The zero-order valence-electron chi connectivity index (χ0n) is 16.4. The van der Waals surface area contributed by atoms with Gasteiger partial charge in [0.1, 0.15) is 5.76 Å². The lowest BCUT2D eigenvalue weighted by Crippen LogP contribution is -2.35. The maximum Gasteiger partial charge on any atom is 0.273 e. The Kier molecular flexibility index (Phi) is 6.08. The van der Waals surface area contributed by atoms with Crippen LogP contribution in [0.25, 0.3) is 10.8 Å². The monoisotopic (exact) mass is 411 g/mol. The Balaban J connectivity index is 1.31. The summed E-state index contributed by atoms with van der Waals surface area (Å²) in [5, 5.41) is 14.5. The van der Waals surface area contributed by atoms with Crippen molar-refractivity contribution < 1.29 is 14.3 Å². The van der Waals surface area contributed by atoms with Crippen molar-refractivity contribution in [3.63, 3.8) is 0 Å². The Labute approximate surface area is 174 Å². The van der Waals surface area contributed by atoms with Crippen LogP contribution >= 0.6 is 11.3 Å². The number of aryl methyl sites for hydroxylation is 1. The van der Waals surface area contributed by atoms with Crippen molar-refractivity contribution >= 4 is 17.2 Å². The molecule has 0 spiro atoms. The van der Waals surface area contributed by atoms with Gasteiger partial charge >= 0.3 is 0 Å². The summed E-state index contributed by atoms with van der Waals surface area (Å²) in [6, 6.07) is 12.1. The summed E-state index contributed by atoms with van der Waals surface area (Å²) in [4.78, 5) is 20.1. The topological polar surface area (TPSA) is 78.6 Å². The highest BCUT2D eigenvalue weighted by atomic mass is 32.1. The Hall–Kier alpha value is -2.48. The molecule has 2 N–H and O–H groups in total. The van der Waals surface area contributed by atoms with E-state index in [0.29, 0.717) is 23.9 Å². The van der Waals surface area contributed by atoms with Gasteiger partial charge in [-0.05, 0) is 42.3 Å². The maximum absolute atomic E-state index is 12.5. The summed E-state index contributed by atoms with van der Waals surface area (Å²) in [5.74, 6) is 0.773. The summed E-state index contributed by atoms with van der Waals surface area (Å²) >= 11 is 1.53. The molecule has 1 saturated heterocycles. The number of hydrogen-bond acceptors (Lipinski definition) is 6. The van der Waals surface area contributed by atoms with Gasteiger partial charge in [0.25, 0.3) is 5.91 Å². The number of aliphatic hydroxyl groups is 1. The molecule has 0 radical (unpaired) electrons. The standard InChI is InChI=1S/C22H25N3O3S/c1-15-20(24-22(28-15)19-3-2-12-29-19)21(27)23-13-16-4-6-17(7-5-16)14-25-10-8-18(26)9-11-25/h2-7,12,18,26H,8-11,13-14H2,1H3,(H,23,27). The molecule has 1 amide bonds. The molecular formula is C22H25N3O3S. The number of rotatable bonds is 6. The molecule has 2 aromatic heterocycles. The van der Waals surface area contributed by atoms with Crippen LogP contribution in [0.3, 0.4) is 0 Å². The molecule has 3 aromatic rings. The third-order valence-corrected chi connectivity index (χ3v) is 6.04. The van der Waals surface area contributed by atoms with Crippen LogP contribution in [0, 0.1) is 6.92 Å². The lowest BCUT2D eigenvalue weighted by Gasteiger charge is -2.29. The first kappa shape index (κ1) is 19.8. The maximum atomic E-state index is 12.5. The predicted molar refractivity (Wildman–Crippen MR) is 113 cm³/mol. The van der Waals surface area contributed by atoms with Gasteiger partial charge in [0.05, 0.1) is 11.0 Å². The van der Waals surface area contributed by atoms with Gasteiger partial charge in [0.15, 0.2) is 5.69 Å². The zero-order valence-corrected chi connectivity index (χ0v) is 17.2. The molecular weight excluding hydrogens is 386 g/mol. The smallest absolute Gasteiger partial charge is 0.273 e. The molecule has 3 heterocycles. The van der Waals surface area contributed by atoms with Crippen LogP contribution in [-0.2, 0) is 13.1 Å². The minimum absolute atomic E-state index is 0.146. The fourth-order valence-corrected chi connectivity index (χ4v) is 4.13. The second kappa shape index (κ2) is 8.90. The van der Waals surface area contributed by atoms with Crippen molar-refractivity contribution in [2.24, 2.45) is 0 Å². The van der Waals surface area contributed by atoms with Gasteiger partial charge in [-0.25, -0.2) is 4.98 Å². The highest BCUT2D eigenvalue weighted by Crippen LogP contribution is 2.25. The summed E-state index contributed by atoms with van der Waals surface area (Å²) in [6.45, 7) is 4.96. The molecule has 1 aliphatic rings. The second-order valence-electron chi connectivity index (χ2n) is 7.41. The van der Waals surface area contributed by atoms with Crippen LogP contribution in [0.2, 0.25) is 0 Å². The zero-order chi connectivity index (χ0) is 20.2. The largest absolute Gasteiger partial charge is 0.440 e. The molecule has 0 bridgehead atoms. The van der Waals surface area contributed by atoms with E-state index in [1.165, 1.54) is 16.9 Å². The van der Waals surface area contributed by atoms with Crippen LogP contribution < -0.4 is 5.32 Å². The quantitative estimate of drug-likeness (QED) is 0.648. The Bertz CT molecular complexity index is 942. The van der Waals surface area contributed by atoms with Gasteiger partial charge in [0, 0.05) is 26.2 Å². The predicted octanol–water partition coefficient (Wildman–Crippen LogP) is 3.60. The highest BCUT2D eigenvalue weighted by molar-refractivity contribution is 7.13. The number of amides is 1. The van der Waals surface area contributed by atoms with Crippen LogP contribution in [0.15, 0.2) is 46.2 Å². The summed E-state index contributed by atoms with van der Waals surface area (Å²) in [6.07, 6.45) is 1.55. The SMILES string of the molecule is Cc1oc(-c2cccs2)nc1C(=O)NCc1ccc(CN2CCC(O)CC2)cc1. The van der Waals surface area contributed by atoms with E-state index in [2.05, 4.69) is 27.3 Å². The fourth-order valence-electron chi connectivity index (χ4n) is 3.48. The number of aliphatic hydroxyl groups excluding tert-OH is 1. The van der Waals surface area contributed by atoms with E-state index in [-0.39, 0.29) is 12.0 Å². The summed E-state index contributed by atoms with van der Waals surface area (Å²) in [5.41, 5.74) is 2.61. The lowest BCUT2D eigenvalue weighted by atomic mass is 10.1. The van der Waals surface area contributed by atoms with Crippen molar-refractivity contribution in [2.75, 3.05) is 13.1 Å². The van der Waals surface area contributed by atoms with Crippen molar-refractivity contribution in [1.29, 1.82) is 0 Å². The lowest BCUT2D eigenvalue weighted by molar-refractivity contribution is 0.0792. The van der Waals surface area contributed by atoms with Gasteiger partial charge < -0.3 is 14.8 Å². The molecule has 0 atom stereocenters. The van der Waals surface area contributed by atoms with E-state index < -0.39 is 0 Å². The molecule has 7 heteroatoms. The Morgan fingerprint density at radius 1 is 1.24 bits per heavy atom. The molecule has 1 aromatic carbocycles. The first-order chi connectivity index (χ1) is 14.1. The van der Waals surface area contributed by atoms with E-state index in [0.717, 1.165) is 42.9 Å². The van der Waals surface area contributed by atoms with Gasteiger partial charge in [-0.3, -0.25) is 9.69 Å². The number of carbonyl (C=O) groups is 1. The molecule has 1 fully saturated rings. The van der Waals surface area contributed by atoms with Crippen LogP contribution in [0.4, 0.5) is 0 Å². The van der Waals surface area contributed by atoms with E-state index in [1.54, 1.807) is 6.92 Å². The molecule has 29 heavy (non-hydrogen) atoms. The highest BCUT2D eigenvalue weighted by Gasteiger charge is 2.19. The van der Waals surface area contributed by atoms with Crippen molar-refractivity contribution in [2.45, 2.75) is 39.0 Å². The average molecular weight is 412 g/mol. The van der Waals surface area contributed by atoms with Crippen molar-refractivity contribution in [1.82, 2.24) is 15.2 Å². The Morgan fingerprint density at radius 3 is 2.66 bits per heavy atom. The molecule has 4 rings (SSSR count). The van der Waals surface area contributed by atoms with E-state index >= 15 is 0 Å². The molecule has 6 nitrogen and oxygen atoms in total. The number of nitrogens with zero attached hydrogens (tertiary/aromatic N) is 2. The number of piperidine rings is 1. The first-order valence-electron chi connectivity index (χ1n) is 9.86. The Morgan fingerprint density at radius 2 is 1.97 bits per heavy atom. The average Bonchev–Trinajstić information content (AvgIpc) is 3.39. The molecule has 152 valence electrons. The van der Waals surface area contributed by atoms with Gasteiger partial charge in [-0.2, -0.15) is 0 Å². The van der Waals surface area contributed by atoms with Gasteiger partial charge in [-0.1, -0.05) is 30.3 Å². The number of aromatic nitrogens is 1.